The minimum absolute atomic E-state index is 0.0756. The Morgan fingerprint density at radius 3 is 2.84 bits per heavy atom. The molecule has 0 amide bonds. The van der Waals surface area contributed by atoms with Gasteiger partial charge in [-0.1, -0.05) is 30.3 Å². The first kappa shape index (κ1) is 19.6. The summed E-state index contributed by atoms with van der Waals surface area (Å²) in [4.78, 5) is 4.38. The van der Waals surface area contributed by atoms with Gasteiger partial charge in [0.1, 0.15) is 12.4 Å². The average molecular weight is 418 g/mol. The van der Waals surface area contributed by atoms with Crippen LogP contribution < -0.4 is 15.8 Å². The number of nitrogens with two attached hydrogens (primary N) is 1. The van der Waals surface area contributed by atoms with Crippen LogP contribution in [-0.4, -0.2) is 34.0 Å². The molecule has 0 aliphatic carbocycles. The Kier molecular flexibility index (Phi) is 5.34. The van der Waals surface area contributed by atoms with Crippen LogP contribution >= 0.6 is 0 Å². The number of ether oxygens (including phenoxy) is 1. The van der Waals surface area contributed by atoms with Gasteiger partial charge in [0, 0.05) is 29.9 Å². The highest BCUT2D eigenvalue weighted by Gasteiger charge is 2.21. The van der Waals surface area contributed by atoms with Crippen LogP contribution in [0.15, 0.2) is 59.6 Å². The monoisotopic (exact) mass is 417 g/mol. The van der Waals surface area contributed by atoms with Gasteiger partial charge in [-0.15, -0.1) is 0 Å². The normalized spacial score (nSPS) is 15.9. The van der Waals surface area contributed by atoms with Crippen molar-refractivity contribution in [2.75, 3.05) is 18.8 Å². The van der Waals surface area contributed by atoms with Gasteiger partial charge in [0.2, 0.25) is 5.75 Å². The molecule has 1 atom stereocenters. The number of anilines is 1. The van der Waals surface area contributed by atoms with Gasteiger partial charge >= 0.3 is 0 Å². The van der Waals surface area contributed by atoms with Gasteiger partial charge in [-0.3, -0.25) is 4.68 Å². The molecule has 31 heavy (non-hydrogen) atoms. The maximum absolute atomic E-state index is 6.20. The van der Waals surface area contributed by atoms with Crippen molar-refractivity contribution in [1.29, 1.82) is 0 Å². The molecule has 0 unspecified atom stereocenters. The maximum atomic E-state index is 6.20. The summed E-state index contributed by atoms with van der Waals surface area (Å²) in [5, 5.41) is 8.88. The predicted octanol–water partition coefficient (Wildman–Crippen LogP) is 4.21. The minimum atomic E-state index is -0.0756. The second kappa shape index (κ2) is 8.43. The lowest BCUT2D eigenvalue weighted by Gasteiger charge is -2.22. The van der Waals surface area contributed by atoms with Crippen molar-refractivity contribution in [2.45, 2.75) is 38.3 Å². The molecule has 4 heterocycles. The molecule has 1 aromatic carbocycles. The standard InChI is InChI=1S/C24H27N5O2/c1-16(11-17-5-3-2-4-6-17)31-23-22-20(13-27-24(23)25)21(15-30-22)18-12-28-29(14-18)19-7-9-26-10-8-19/h2-6,12-16,19,26H,7-11H2,1H3,(H2,25,27)/t16-/m0/s1. The third-order valence-corrected chi connectivity index (χ3v) is 5.88. The van der Waals surface area contributed by atoms with E-state index >= 15 is 0 Å². The number of furan rings is 1. The number of fused-ring (bicyclic) bond motifs is 1. The van der Waals surface area contributed by atoms with E-state index in [1.807, 2.05) is 31.3 Å². The fourth-order valence-corrected chi connectivity index (χ4v) is 4.25. The van der Waals surface area contributed by atoms with Crippen molar-refractivity contribution in [2.24, 2.45) is 0 Å². The van der Waals surface area contributed by atoms with E-state index in [0.717, 1.165) is 48.9 Å². The van der Waals surface area contributed by atoms with Gasteiger partial charge < -0.3 is 20.2 Å². The molecule has 160 valence electrons. The van der Waals surface area contributed by atoms with Gasteiger partial charge in [-0.05, 0) is 38.4 Å². The van der Waals surface area contributed by atoms with Crippen LogP contribution in [0, 0.1) is 0 Å². The zero-order valence-electron chi connectivity index (χ0n) is 17.6. The van der Waals surface area contributed by atoms with Crippen LogP contribution in [0.5, 0.6) is 5.75 Å². The first-order chi connectivity index (χ1) is 15.2. The quantitative estimate of drug-likeness (QED) is 0.488. The number of aromatic nitrogens is 3. The van der Waals surface area contributed by atoms with Crippen molar-refractivity contribution in [3.8, 4) is 16.9 Å². The molecule has 1 saturated heterocycles. The summed E-state index contributed by atoms with van der Waals surface area (Å²) in [6, 6.07) is 10.7. The summed E-state index contributed by atoms with van der Waals surface area (Å²) < 4.78 is 14.2. The van der Waals surface area contributed by atoms with E-state index in [4.69, 9.17) is 14.9 Å². The number of nitrogens with zero attached hydrogens (tertiary/aromatic N) is 3. The van der Waals surface area contributed by atoms with Gasteiger partial charge in [0.05, 0.1) is 17.6 Å². The second-order valence-electron chi connectivity index (χ2n) is 8.17. The van der Waals surface area contributed by atoms with Crippen LogP contribution in [0.3, 0.4) is 0 Å². The van der Waals surface area contributed by atoms with E-state index in [1.165, 1.54) is 5.56 Å². The Hall–Kier alpha value is -3.32. The number of nitrogen functional groups attached to an aromatic ring is 1. The number of piperidine rings is 1. The SMILES string of the molecule is C[C@@H](Cc1ccccc1)Oc1c(N)ncc2c(-c3cnn(C4CCNCC4)c3)coc12. The Balaban J connectivity index is 1.41. The number of rotatable bonds is 6. The smallest absolute Gasteiger partial charge is 0.205 e. The second-order valence-corrected chi connectivity index (χ2v) is 8.17. The molecule has 1 aliphatic heterocycles. The number of hydrogen-bond acceptors (Lipinski definition) is 6. The Bertz CT molecular complexity index is 1160. The van der Waals surface area contributed by atoms with Crippen LogP contribution in [0.4, 0.5) is 5.82 Å². The van der Waals surface area contributed by atoms with Crippen LogP contribution in [-0.2, 0) is 6.42 Å². The molecule has 0 spiro atoms. The van der Waals surface area contributed by atoms with Gasteiger partial charge in [-0.2, -0.15) is 5.10 Å². The topological polar surface area (TPSA) is 91.1 Å². The number of benzene rings is 1. The first-order valence-corrected chi connectivity index (χ1v) is 10.8. The van der Waals surface area contributed by atoms with Gasteiger partial charge in [0.25, 0.3) is 0 Å². The summed E-state index contributed by atoms with van der Waals surface area (Å²) in [6.07, 6.45) is 10.3. The molecule has 1 aliphatic rings. The third-order valence-electron chi connectivity index (χ3n) is 5.88. The van der Waals surface area contributed by atoms with Crippen molar-refractivity contribution in [3.63, 3.8) is 0 Å². The van der Waals surface area contributed by atoms with Crippen LogP contribution in [0.2, 0.25) is 0 Å². The fourth-order valence-electron chi connectivity index (χ4n) is 4.25. The molecule has 4 aromatic rings. The summed E-state index contributed by atoms with van der Waals surface area (Å²) >= 11 is 0. The molecular formula is C24H27N5O2. The molecule has 0 bridgehead atoms. The molecule has 5 rings (SSSR count). The molecule has 3 aromatic heterocycles. The fraction of sp³-hybridized carbons (Fsp3) is 0.333. The maximum Gasteiger partial charge on any atom is 0.205 e. The first-order valence-electron chi connectivity index (χ1n) is 10.8. The summed E-state index contributed by atoms with van der Waals surface area (Å²) in [5.74, 6) is 0.830. The average Bonchev–Trinajstić information content (AvgIpc) is 3.44. The van der Waals surface area contributed by atoms with E-state index < -0.39 is 0 Å². The van der Waals surface area contributed by atoms with Crippen molar-refractivity contribution in [3.05, 3.63) is 60.7 Å². The van der Waals surface area contributed by atoms with E-state index in [-0.39, 0.29) is 6.10 Å². The Morgan fingerprint density at radius 2 is 2.03 bits per heavy atom. The molecule has 7 nitrogen and oxygen atoms in total. The zero-order valence-corrected chi connectivity index (χ0v) is 17.6. The van der Waals surface area contributed by atoms with Crippen molar-refractivity contribution < 1.29 is 9.15 Å². The lowest BCUT2D eigenvalue weighted by atomic mass is 10.1. The Morgan fingerprint density at radius 1 is 1.23 bits per heavy atom. The molecule has 1 fully saturated rings. The van der Waals surface area contributed by atoms with Crippen LogP contribution in [0.25, 0.3) is 22.1 Å². The number of pyridine rings is 1. The number of hydrogen-bond donors (Lipinski definition) is 2. The zero-order chi connectivity index (χ0) is 21.2. The predicted molar refractivity (Wildman–Crippen MR) is 121 cm³/mol. The molecule has 3 N–H and O–H groups in total. The van der Waals surface area contributed by atoms with E-state index in [1.54, 1.807) is 12.5 Å². The van der Waals surface area contributed by atoms with Gasteiger partial charge in [0.15, 0.2) is 11.4 Å². The molecule has 0 radical (unpaired) electrons. The van der Waals surface area contributed by atoms with E-state index in [2.05, 4.69) is 38.4 Å². The van der Waals surface area contributed by atoms with Gasteiger partial charge in [-0.25, -0.2) is 4.98 Å². The lowest BCUT2D eigenvalue weighted by Crippen LogP contribution is -2.29. The van der Waals surface area contributed by atoms with Crippen molar-refractivity contribution >= 4 is 16.8 Å². The summed E-state index contributed by atoms with van der Waals surface area (Å²) in [5.41, 5.74) is 9.94. The summed E-state index contributed by atoms with van der Waals surface area (Å²) in [7, 11) is 0. The third kappa shape index (κ3) is 4.01. The molecule has 0 saturated carbocycles. The lowest BCUT2D eigenvalue weighted by molar-refractivity contribution is 0.223. The van der Waals surface area contributed by atoms with Crippen LogP contribution in [0.1, 0.15) is 31.4 Å². The number of nitrogens with one attached hydrogen (secondary N) is 1. The highest BCUT2D eigenvalue weighted by atomic mass is 16.5. The Labute approximate surface area is 181 Å². The van der Waals surface area contributed by atoms with Crippen molar-refractivity contribution in [1.82, 2.24) is 20.1 Å². The highest BCUT2D eigenvalue weighted by molar-refractivity contribution is 5.97. The van der Waals surface area contributed by atoms with E-state index in [0.29, 0.717) is 23.2 Å². The minimum Gasteiger partial charge on any atom is -0.483 e. The highest BCUT2D eigenvalue weighted by Crippen LogP contribution is 2.38. The molecular weight excluding hydrogens is 390 g/mol. The van der Waals surface area contributed by atoms with E-state index in [9.17, 15) is 0 Å². The largest absolute Gasteiger partial charge is 0.483 e. The summed E-state index contributed by atoms with van der Waals surface area (Å²) in [6.45, 7) is 4.08. The molecule has 7 heteroatoms.